The number of nitrogens with zero attached hydrogens (tertiary/aromatic N) is 1. The number of carbonyl (C=O) groups is 3. The highest BCUT2D eigenvalue weighted by Crippen LogP contribution is 2.45. The van der Waals surface area contributed by atoms with Crippen molar-refractivity contribution in [2.45, 2.75) is 57.2 Å². The first-order valence-corrected chi connectivity index (χ1v) is 10.0. The van der Waals surface area contributed by atoms with E-state index in [2.05, 4.69) is 10.6 Å². The molecule has 144 valence electrons. The van der Waals surface area contributed by atoms with Crippen LogP contribution in [0.2, 0.25) is 10.0 Å². The zero-order chi connectivity index (χ0) is 19.3. The zero-order valence-electron chi connectivity index (χ0n) is 15.0. The van der Waals surface area contributed by atoms with E-state index in [-0.39, 0.29) is 30.2 Å². The lowest BCUT2D eigenvalue weighted by Crippen LogP contribution is -2.49. The molecule has 2 atom stereocenters. The highest BCUT2D eigenvalue weighted by molar-refractivity contribution is 6.42. The molecule has 6 nitrogen and oxygen atoms in total. The highest BCUT2D eigenvalue weighted by Gasteiger charge is 2.55. The Kier molecular flexibility index (Phi) is 4.59. The lowest BCUT2D eigenvalue weighted by atomic mass is 9.87. The summed E-state index contributed by atoms with van der Waals surface area (Å²) in [5.41, 5.74) is 1.10. The quantitative estimate of drug-likeness (QED) is 0.729. The third-order valence-electron chi connectivity index (χ3n) is 5.94. The molecule has 2 N–H and O–H groups in total. The second-order valence-electron chi connectivity index (χ2n) is 7.56. The summed E-state index contributed by atoms with van der Waals surface area (Å²) in [6, 6.07) is 3.15. The number of amides is 4. The van der Waals surface area contributed by atoms with E-state index in [9.17, 15) is 14.4 Å². The fraction of sp³-hybridized carbons (Fsp3) is 0.526. The maximum Gasteiger partial charge on any atom is 0.322 e. The molecule has 8 heteroatoms. The molecule has 1 aliphatic carbocycles. The average molecular weight is 410 g/mol. The Morgan fingerprint density at radius 2 is 1.96 bits per heavy atom. The van der Waals surface area contributed by atoms with Crippen molar-refractivity contribution in [1.82, 2.24) is 15.5 Å². The summed E-state index contributed by atoms with van der Waals surface area (Å²) in [4.78, 5) is 38.8. The van der Waals surface area contributed by atoms with Gasteiger partial charge in [-0.1, -0.05) is 30.1 Å². The number of imide groups is 1. The van der Waals surface area contributed by atoms with E-state index in [0.29, 0.717) is 23.0 Å². The third kappa shape index (κ3) is 3.09. The number of benzene rings is 1. The van der Waals surface area contributed by atoms with E-state index in [1.54, 1.807) is 0 Å². The van der Waals surface area contributed by atoms with Gasteiger partial charge in [0.1, 0.15) is 5.54 Å². The predicted octanol–water partition coefficient (Wildman–Crippen LogP) is 3.56. The molecule has 2 heterocycles. The Morgan fingerprint density at radius 3 is 2.56 bits per heavy atom. The largest absolute Gasteiger partial charge is 0.331 e. The summed E-state index contributed by atoms with van der Waals surface area (Å²) in [5, 5.41) is 6.07. The van der Waals surface area contributed by atoms with Gasteiger partial charge in [-0.3, -0.25) is 14.9 Å². The molecule has 1 unspecified atom stereocenters. The minimum absolute atomic E-state index is 0.0285. The second kappa shape index (κ2) is 6.67. The number of urea groups is 1. The predicted molar refractivity (Wildman–Crippen MR) is 101 cm³/mol. The topological polar surface area (TPSA) is 78.5 Å². The van der Waals surface area contributed by atoms with Gasteiger partial charge in [0, 0.05) is 13.0 Å². The van der Waals surface area contributed by atoms with Crippen molar-refractivity contribution < 1.29 is 14.4 Å². The van der Waals surface area contributed by atoms with Crippen LogP contribution in [0.4, 0.5) is 4.79 Å². The highest BCUT2D eigenvalue weighted by atomic mass is 35.5. The van der Waals surface area contributed by atoms with Crippen LogP contribution < -0.4 is 10.6 Å². The number of hydrogen-bond donors (Lipinski definition) is 2. The number of rotatable bonds is 5. The summed E-state index contributed by atoms with van der Waals surface area (Å²) < 4.78 is 0. The first kappa shape index (κ1) is 18.6. The lowest BCUT2D eigenvalue weighted by Gasteiger charge is -2.29. The van der Waals surface area contributed by atoms with E-state index in [1.165, 1.54) is 0 Å². The average Bonchev–Trinajstić information content (AvgIpc) is 3.35. The van der Waals surface area contributed by atoms with Gasteiger partial charge in [-0.05, 0) is 54.9 Å². The molecule has 0 bridgehead atoms. The maximum absolute atomic E-state index is 13.0. The molecule has 3 aliphatic rings. The number of nitrogens with one attached hydrogen (secondary N) is 2. The Bertz CT molecular complexity index is 840. The van der Waals surface area contributed by atoms with Crippen molar-refractivity contribution in [1.29, 1.82) is 0 Å². The first-order valence-electron chi connectivity index (χ1n) is 9.26. The summed E-state index contributed by atoms with van der Waals surface area (Å²) in [6.45, 7) is 2.51. The number of halogens is 2. The van der Waals surface area contributed by atoms with Gasteiger partial charge in [-0.25, -0.2) is 4.79 Å². The van der Waals surface area contributed by atoms with Crippen LogP contribution >= 0.6 is 23.2 Å². The van der Waals surface area contributed by atoms with Gasteiger partial charge < -0.3 is 10.2 Å². The van der Waals surface area contributed by atoms with Crippen LogP contribution in [0.25, 0.3) is 0 Å². The molecule has 4 amide bonds. The SMILES string of the molecule is CCC1c2cc(Cl)c(Cl)cc2CN1C(=O)CC[C@@]1(C2CC2)NC(=O)NC1=O. The lowest BCUT2D eigenvalue weighted by molar-refractivity contribution is -0.134. The smallest absolute Gasteiger partial charge is 0.322 e. The molecule has 1 saturated carbocycles. The molecule has 0 radical (unpaired) electrons. The zero-order valence-corrected chi connectivity index (χ0v) is 16.5. The van der Waals surface area contributed by atoms with Crippen molar-refractivity contribution in [3.8, 4) is 0 Å². The molecule has 2 fully saturated rings. The molecule has 1 aromatic carbocycles. The maximum atomic E-state index is 13.0. The molecular weight excluding hydrogens is 389 g/mol. The molecule has 1 saturated heterocycles. The van der Waals surface area contributed by atoms with Crippen LogP contribution in [0, 0.1) is 5.92 Å². The van der Waals surface area contributed by atoms with Gasteiger partial charge in [0.2, 0.25) is 5.91 Å². The first-order chi connectivity index (χ1) is 12.9. The minimum Gasteiger partial charge on any atom is -0.331 e. The Labute approximate surface area is 167 Å². The summed E-state index contributed by atoms with van der Waals surface area (Å²) in [5.74, 6) is -0.218. The van der Waals surface area contributed by atoms with Crippen molar-refractivity contribution in [2.24, 2.45) is 5.92 Å². The molecule has 4 rings (SSSR count). The van der Waals surface area contributed by atoms with Crippen LogP contribution in [0.5, 0.6) is 0 Å². The van der Waals surface area contributed by atoms with Gasteiger partial charge in [0.15, 0.2) is 0 Å². The minimum atomic E-state index is -0.937. The molecule has 27 heavy (non-hydrogen) atoms. The monoisotopic (exact) mass is 409 g/mol. The molecule has 1 aromatic rings. The van der Waals surface area contributed by atoms with Gasteiger partial charge in [0.25, 0.3) is 5.91 Å². The van der Waals surface area contributed by atoms with Crippen molar-refractivity contribution in [3.63, 3.8) is 0 Å². The number of fused-ring (bicyclic) bond motifs is 1. The number of hydrogen-bond acceptors (Lipinski definition) is 3. The Hall–Kier alpha value is -1.79. The second-order valence-corrected chi connectivity index (χ2v) is 8.38. The van der Waals surface area contributed by atoms with Crippen molar-refractivity contribution in [2.75, 3.05) is 0 Å². The van der Waals surface area contributed by atoms with E-state index in [4.69, 9.17) is 23.2 Å². The Balaban J connectivity index is 1.50. The summed E-state index contributed by atoms with van der Waals surface area (Å²) >= 11 is 12.3. The van der Waals surface area contributed by atoms with E-state index < -0.39 is 11.6 Å². The van der Waals surface area contributed by atoms with Gasteiger partial charge in [-0.2, -0.15) is 0 Å². The van der Waals surface area contributed by atoms with E-state index >= 15 is 0 Å². The summed E-state index contributed by atoms with van der Waals surface area (Å²) in [6.07, 6.45) is 3.08. The van der Waals surface area contributed by atoms with Gasteiger partial charge >= 0.3 is 6.03 Å². The van der Waals surface area contributed by atoms with Crippen LogP contribution in [-0.2, 0) is 16.1 Å². The third-order valence-corrected chi connectivity index (χ3v) is 6.66. The Morgan fingerprint density at radius 1 is 1.26 bits per heavy atom. The molecule has 0 spiro atoms. The standard InChI is InChI=1S/C19H21Cl2N3O3/c1-2-15-12-8-14(21)13(20)7-10(12)9-24(15)16(25)5-6-19(11-3-4-11)17(26)22-18(27)23-19/h7-8,11,15H,2-6,9H2,1H3,(H2,22,23,26,27)/t15?,19-/m0/s1. The molecular formula is C19H21Cl2N3O3. The van der Waals surface area contributed by atoms with Crippen molar-refractivity contribution >= 4 is 41.0 Å². The van der Waals surface area contributed by atoms with Gasteiger partial charge in [-0.15, -0.1) is 0 Å². The van der Waals surface area contributed by atoms with Crippen LogP contribution in [0.3, 0.4) is 0 Å². The van der Waals surface area contributed by atoms with Crippen LogP contribution in [0.1, 0.15) is 56.2 Å². The van der Waals surface area contributed by atoms with Crippen LogP contribution in [-0.4, -0.2) is 28.3 Å². The number of carbonyl (C=O) groups excluding carboxylic acids is 3. The molecule has 2 aliphatic heterocycles. The van der Waals surface area contributed by atoms with Gasteiger partial charge in [0.05, 0.1) is 16.1 Å². The fourth-order valence-electron chi connectivity index (χ4n) is 4.41. The molecule has 0 aromatic heterocycles. The van der Waals surface area contributed by atoms with Crippen LogP contribution in [0.15, 0.2) is 12.1 Å². The normalized spacial score (nSPS) is 26.8. The van der Waals surface area contributed by atoms with E-state index in [1.807, 2.05) is 24.0 Å². The van der Waals surface area contributed by atoms with Crippen molar-refractivity contribution in [3.05, 3.63) is 33.3 Å². The summed E-state index contributed by atoms with van der Waals surface area (Å²) in [7, 11) is 0. The fourth-order valence-corrected chi connectivity index (χ4v) is 4.77. The van der Waals surface area contributed by atoms with E-state index in [0.717, 1.165) is 30.4 Å².